The van der Waals surface area contributed by atoms with Gasteiger partial charge < -0.3 is 16.2 Å². The van der Waals surface area contributed by atoms with Gasteiger partial charge in [-0.1, -0.05) is 11.8 Å². The van der Waals surface area contributed by atoms with Gasteiger partial charge in [0.25, 0.3) is 11.5 Å². The lowest BCUT2D eigenvalue weighted by Gasteiger charge is -2.09. The molecule has 0 spiro atoms. The van der Waals surface area contributed by atoms with Gasteiger partial charge in [0.05, 0.1) is 0 Å². The second-order valence-electron chi connectivity index (χ2n) is 4.69. The lowest BCUT2D eigenvalue weighted by atomic mass is 10.2. The van der Waals surface area contributed by atoms with Crippen LogP contribution in [0, 0.1) is 5.82 Å². The highest BCUT2D eigenvalue weighted by Crippen LogP contribution is 2.21. The maximum absolute atomic E-state index is 12.8. The minimum absolute atomic E-state index is 0.0205. The molecule has 5 N–H and O–H groups in total. The summed E-state index contributed by atoms with van der Waals surface area (Å²) in [5.74, 6) is -2.49. The van der Waals surface area contributed by atoms with E-state index in [2.05, 4.69) is 15.3 Å². The molecule has 0 aliphatic rings. The van der Waals surface area contributed by atoms with Crippen LogP contribution in [0.2, 0.25) is 0 Å². The number of H-pyrrole nitrogens is 1. The first-order valence-electron chi connectivity index (χ1n) is 6.64. The lowest BCUT2D eigenvalue weighted by Crippen LogP contribution is -2.23. The number of carboxylic acids is 1. The Morgan fingerprint density at radius 3 is 2.54 bits per heavy atom. The number of amides is 1. The van der Waals surface area contributed by atoms with Gasteiger partial charge in [0.2, 0.25) is 0 Å². The number of hydrogen-bond donors (Lipinski definition) is 4. The molecule has 2 aromatic rings. The minimum Gasteiger partial charge on any atom is -0.480 e. The van der Waals surface area contributed by atoms with Crippen molar-refractivity contribution in [2.75, 3.05) is 11.1 Å². The van der Waals surface area contributed by atoms with E-state index in [1.807, 2.05) is 0 Å². The second-order valence-corrected chi connectivity index (χ2v) is 6.02. The summed E-state index contributed by atoms with van der Waals surface area (Å²) in [5, 5.41) is 10.3. The Kier molecular flexibility index (Phi) is 5.19. The van der Waals surface area contributed by atoms with Crippen LogP contribution < -0.4 is 16.6 Å². The van der Waals surface area contributed by atoms with Crippen LogP contribution in [-0.2, 0) is 4.79 Å². The molecule has 0 saturated carbocycles. The summed E-state index contributed by atoms with van der Waals surface area (Å²) in [6.45, 7) is 1.42. The van der Waals surface area contributed by atoms with Crippen molar-refractivity contribution in [3.63, 3.8) is 0 Å². The third-order valence-electron chi connectivity index (χ3n) is 2.91. The number of rotatable bonds is 5. The molecule has 8 nitrogen and oxygen atoms in total. The van der Waals surface area contributed by atoms with Gasteiger partial charge in [-0.25, -0.2) is 9.37 Å². The summed E-state index contributed by atoms with van der Waals surface area (Å²) < 4.78 is 12.8. The molecule has 1 amide bonds. The molecule has 0 radical (unpaired) electrons. The van der Waals surface area contributed by atoms with Crippen molar-refractivity contribution < 1.29 is 19.1 Å². The standard InChI is InChI=1S/C14H13FN4O4S/c1-6(13(22)23)24-14-18-10(16)9(12(21)19-14)17-11(20)7-2-4-8(15)5-3-7/h2-6H,1H3,(H,17,20)(H,22,23)(H3,16,18,19,21)/t6-/m1/s1. The molecule has 0 fully saturated rings. The van der Waals surface area contributed by atoms with Crippen molar-refractivity contribution >= 4 is 35.1 Å². The molecule has 0 unspecified atom stereocenters. The number of hydrogen-bond acceptors (Lipinski definition) is 6. The van der Waals surface area contributed by atoms with Crippen molar-refractivity contribution in [1.29, 1.82) is 0 Å². The average molecular weight is 352 g/mol. The Hall–Kier alpha value is -2.88. The van der Waals surface area contributed by atoms with Crippen molar-refractivity contribution in [2.45, 2.75) is 17.3 Å². The van der Waals surface area contributed by atoms with Gasteiger partial charge in [-0.15, -0.1) is 0 Å². The third kappa shape index (κ3) is 4.10. The molecule has 0 bridgehead atoms. The van der Waals surface area contributed by atoms with Crippen LogP contribution in [-0.4, -0.2) is 32.2 Å². The van der Waals surface area contributed by atoms with Crippen LogP contribution in [0.1, 0.15) is 17.3 Å². The van der Waals surface area contributed by atoms with Gasteiger partial charge in [-0.2, -0.15) is 0 Å². The zero-order valence-corrected chi connectivity index (χ0v) is 13.2. The topological polar surface area (TPSA) is 138 Å². The Bertz CT molecular complexity index is 838. The van der Waals surface area contributed by atoms with E-state index < -0.39 is 28.5 Å². The van der Waals surface area contributed by atoms with Gasteiger partial charge >= 0.3 is 5.97 Å². The smallest absolute Gasteiger partial charge is 0.316 e. The van der Waals surface area contributed by atoms with E-state index in [4.69, 9.17) is 10.8 Å². The average Bonchev–Trinajstić information content (AvgIpc) is 2.51. The summed E-state index contributed by atoms with van der Waals surface area (Å²) in [7, 11) is 0. The van der Waals surface area contributed by atoms with E-state index in [0.717, 1.165) is 23.9 Å². The van der Waals surface area contributed by atoms with Gasteiger partial charge in [0.15, 0.2) is 11.0 Å². The molecule has 126 valence electrons. The van der Waals surface area contributed by atoms with E-state index in [1.165, 1.54) is 19.1 Å². The van der Waals surface area contributed by atoms with Crippen LogP contribution in [0.4, 0.5) is 15.9 Å². The van der Waals surface area contributed by atoms with Crippen LogP contribution in [0.5, 0.6) is 0 Å². The zero-order chi connectivity index (χ0) is 17.9. The number of nitrogen functional groups attached to an aromatic ring is 1. The van der Waals surface area contributed by atoms with Crippen LogP contribution in [0.3, 0.4) is 0 Å². The summed E-state index contributed by atoms with van der Waals surface area (Å²) in [6, 6.07) is 4.71. The predicted molar refractivity (Wildman–Crippen MR) is 86.6 cm³/mol. The summed E-state index contributed by atoms with van der Waals surface area (Å²) in [4.78, 5) is 41.1. The SMILES string of the molecule is C[C@@H](Sc1nc(N)c(NC(=O)c2ccc(F)cc2)c(=O)[nH]1)C(=O)O. The second kappa shape index (κ2) is 7.13. The molecular formula is C14H13FN4O4S. The first-order chi connectivity index (χ1) is 11.3. The molecular weight excluding hydrogens is 339 g/mol. The number of thioether (sulfide) groups is 1. The predicted octanol–water partition coefficient (Wildman–Crippen LogP) is 1.31. The van der Waals surface area contributed by atoms with Crippen molar-refractivity contribution in [3.8, 4) is 0 Å². The fourth-order valence-corrected chi connectivity index (χ4v) is 2.39. The number of carbonyl (C=O) groups excluding carboxylic acids is 1. The van der Waals surface area contributed by atoms with Crippen molar-refractivity contribution in [3.05, 3.63) is 46.0 Å². The van der Waals surface area contributed by atoms with Gasteiger partial charge in [-0.05, 0) is 31.2 Å². The summed E-state index contributed by atoms with van der Waals surface area (Å²) in [5.41, 5.74) is 4.80. The highest BCUT2D eigenvalue weighted by atomic mass is 32.2. The fourth-order valence-electron chi connectivity index (χ4n) is 1.65. The van der Waals surface area contributed by atoms with Crippen LogP contribution in [0.15, 0.2) is 34.2 Å². The van der Waals surface area contributed by atoms with Gasteiger partial charge in [-0.3, -0.25) is 19.4 Å². The molecule has 0 saturated heterocycles. The molecule has 0 aliphatic heterocycles. The lowest BCUT2D eigenvalue weighted by molar-refractivity contribution is -0.136. The number of benzene rings is 1. The Labute approximate surface area is 139 Å². The van der Waals surface area contributed by atoms with E-state index in [1.54, 1.807) is 0 Å². The van der Waals surface area contributed by atoms with Crippen molar-refractivity contribution in [2.24, 2.45) is 0 Å². The summed E-state index contributed by atoms with van der Waals surface area (Å²) in [6.07, 6.45) is 0. The van der Waals surface area contributed by atoms with Crippen LogP contribution in [0.25, 0.3) is 0 Å². The quantitative estimate of drug-likeness (QED) is 0.470. The maximum Gasteiger partial charge on any atom is 0.316 e. The van der Waals surface area contributed by atoms with Gasteiger partial charge in [0, 0.05) is 5.56 Å². The van der Waals surface area contributed by atoms with E-state index >= 15 is 0 Å². The minimum atomic E-state index is -1.07. The number of carboxylic acid groups (broad SMARTS) is 1. The zero-order valence-electron chi connectivity index (χ0n) is 12.4. The van der Waals surface area contributed by atoms with Gasteiger partial charge in [0.1, 0.15) is 16.8 Å². The van der Waals surface area contributed by atoms with Crippen molar-refractivity contribution in [1.82, 2.24) is 9.97 Å². The van der Waals surface area contributed by atoms with E-state index in [9.17, 15) is 18.8 Å². The molecule has 1 atom stereocenters. The first-order valence-corrected chi connectivity index (χ1v) is 7.52. The number of nitrogens with two attached hydrogens (primary N) is 1. The molecule has 0 aliphatic carbocycles. The van der Waals surface area contributed by atoms with E-state index in [-0.39, 0.29) is 22.2 Å². The molecule has 10 heteroatoms. The Morgan fingerprint density at radius 2 is 2.00 bits per heavy atom. The number of aromatic nitrogens is 2. The fraction of sp³-hybridized carbons (Fsp3) is 0.143. The highest BCUT2D eigenvalue weighted by molar-refractivity contribution is 8.00. The Balaban J connectivity index is 2.22. The number of aromatic amines is 1. The first kappa shape index (κ1) is 17.5. The maximum atomic E-state index is 12.8. The Morgan fingerprint density at radius 1 is 1.38 bits per heavy atom. The molecule has 1 aromatic carbocycles. The normalized spacial score (nSPS) is 11.8. The molecule has 24 heavy (non-hydrogen) atoms. The van der Waals surface area contributed by atoms with E-state index in [0.29, 0.717) is 0 Å². The number of nitrogens with zero attached hydrogens (tertiary/aromatic N) is 1. The number of nitrogens with one attached hydrogen (secondary N) is 2. The number of carbonyl (C=O) groups is 2. The number of anilines is 2. The molecule has 1 aromatic heterocycles. The number of halogens is 1. The largest absolute Gasteiger partial charge is 0.480 e. The monoisotopic (exact) mass is 352 g/mol. The highest BCUT2D eigenvalue weighted by Gasteiger charge is 2.18. The number of aliphatic carboxylic acids is 1. The molecule has 1 heterocycles. The molecule has 2 rings (SSSR count). The van der Waals surface area contributed by atoms with Crippen LogP contribution >= 0.6 is 11.8 Å². The third-order valence-corrected chi connectivity index (χ3v) is 3.88. The summed E-state index contributed by atoms with van der Waals surface area (Å²) >= 11 is 0.805.